The second-order valence-corrected chi connectivity index (χ2v) is 7.61. The minimum atomic E-state index is -0.440. The van der Waals surface area contributed by atoms with E-state index in [1.54, 1.807) is 0 Å². The van der Waals surface area contributed by atoms with E-state index in [4.69, 9.17) is 10.5 Å². The van der Waals surface area contributed by atoms with Crippen LogP contribution >= 0.6 is 24.8 Å². The van der Waals surface area contributed by atoms with Crippen molar-refractivity contribution in [2.24, 2.45) is 11.1 Å². The van der Waals surface area contributed by atoms with Crippen molar-refractivity contribution in [1.82, 2.24) is 14.7 Å². The Morgan fingerprint density at radius 3 is 2.00 bits per heavy atom. The number of nitrogens with zero attached hydrogens (tertiary/aromatic N) is 3. The van der Waals surface area contributed by atoms with Gasteiger partial charge in [-0.3, -0.25) is 14.5 Å². The van der Waals surface area contributed by atoms with E-state index < -0.39 is 5.41 Å². The van der Waals surface area contributed by atoms with Gasteiger partial charge in [-0.25, -0.2) is 0 Å². The second-order valence-electron chi connectivity index (χ2n) is 7.61. The Morgan fingerprint density at radius 2 is 1.44 bits per heavy atom. The molecule has 0 unspecified atom stereocenters. The number of ether oxygens (including phenoxy) is 1. The lowest BCUT2D eigenvalue weighted by Crippen LogP contribution is -2.57. The van der Waals surface area contributed by atoms with Gasteiger partial charge in [0, 0.05) is 59.0 Å². The highest BCUT2D eigenvalue weighted by Crippen LogP contribution is 2.32. The summed E-state index contributed by atoms with van der Waals surface area (Å²) < 4.78 is 5.41. The van der Waals surface area contributed by atoms with Gasteiger partial charge in [0.1, 0.15) is 0 Å². The van der Waals surface area contributed by atoms with E-state index >= 15 is 0 Å². The molecule has 3 saturated heterocycles. The van der Waals surface area contributed by atoms with E-state index in [0.29, 0.717) is 39.4 Å². The van der Waals surface area contributed by atoms with Crippen LogP contribution in [0.5, 0.6) is 0 Å². The Balaban J connectivity index is 0.00000182. The minimum absolute atomic E-state index is 0. The van der Waals surface area contributed by atoms with Crippen LogP contribution in [0.15, 0.2) is 0 Å². The van der Waals surface area contributed by atoms with E-state index in [2.05, 4.69) is 4.90 Å². The molecular weight excluding hydrogens is 391 g/mol. The predicted octanol–water partition coefficient (Wildman–Crippen LogP) is 0.742. The van der Waals surface area contributed by atoms with E-state index in [-0.39, 0.29) is 36.6 Å². The number of hydrogen-bond donors (Lipinski definition) is 1. The number of amides is 2. The minimum Gasteiger partial charge on any atom is -0.381 e. The molecular formula is C18H34Cl2N4O3. The lowest BCUT2D eigenvalue weighted by atomic mass is 9.78. The third-order valence-corrected chi connectivity index (χ3v) is 6.02. The standard InChI is InChI=1S/C18H32N4O3.2ClH/c19-15-18(4-12-25-13-5-18)17(24)22-10-8-20(9-11-22)14-16(23)21-6-2-1-3-7-21;;/h1-15,19H2;2*1H. The summed E-state index contributed by atoms with van der Waals surface area (Å²) in [6, 6.07) is 0. The number of carbonyl (C=O) groups excluding carboxylic acids is 2. The van der Waals surface area contributed by atoms with Crippen molar-refractivity contribution < 1.29 is 14.3 Å². The fraction of sp³-hybridized carbons (Fsp3) is 0.889. The van der Waals surface area contributed by atoms with Crippen LogP contribution in [0.2, 0.25) is 0 Å². The summed E-state index contributed by atoms with van der Waals surface area (Å²) in [7, 11) is 0. The topological polar surface area (TPSA) is 79.1 Å². The molecule has 3 aliphatic heterocycles. The molecule has 3 aliphatic rings. The largest absolute Gasteiger partial charge is 0.381 e. The predicted molar refractivity (Wildman–Crippen MR) is 109 cm³/mol. The Labute approximate surface area is 174 Å². The fourth-order valence-electron chi connectivity index (χ4n) is 4.15. The Bertz CT molecular complexity index is 475. The van der Waals surface area contributed by atoms with Gasteiger partial charge in [0.05, 0.1) is 12.0 Å². The van der Waals surface area contributed by atoms with Crippen molar-refractivity contribution in [3.63, 3.8) is 0 Å². The van der Waals surface area contributed by atoms with Gasteiger partial charge in [0.2, 0.25) is 11.8 Å². The van der Waals surface area contributed by atoms with Crippen molar-refractivity contribution in [3.05, 3.63) is 0 Å². The van der Waals surface area contributed by atoms with Gasteiger partial charge >= 0.3 is 0 Å². The summed E-state index contributed by atoms with van der Waals surface area (Å²) in [5.74, 6) is 0.419. The van der Waals surface area contributed by atoms with Crippen LogP contribution in [0.25, 0.3) is 0 Å². The Hall–Kier alpha value is -0.600. The van der Waals surface area contributed by atoms with E-state index in [0.717, 1.165) is 51.9 Å². The molecule has 3 heterocycles. The summed E-state index contributed by atoms with van der Waals surface area (Å²) in [4.78, 5) is 31.5. The third kappa shape index (κ3) is 5.94. The average Bonchev–Trinajstić information content (AvgIpc) is 2.69. The van der Waals surface area contributed by atoms with Gasteiger partial charge in [-0.15, -0.1) is 24.8 Å². The van der Waals surface area contributed by atoms with Crippen molar-refractivity contribution in [2.45, 2.75) is 32.1 Å². The normalized spacial score (nSPS) is 23.1. The molecule has 3 fully saturated rings. The van der Waals surface area contributed by atoms with Gasteiger partial charge in [-0.05, 0) is 32.1 Å². The number of carbonyl (C=O) groups is 2. The number of piperidine rings is 1. The Morgan fingerprint density at radius 1 is 0.852 bits per heavy atom. The summed E-state index contributed by atoms with van der Waals surface area (Å²) in [5.41, 5.74) is 5.52. The van der Waals surface area contributed by atoms with Crippen LogP contribution in [0.4, 0.5) is 0 Å². The zero-order chi connectivity index (χ0) is 17.7. The molecule has 158 valence electrons. The van der Waals surface area contributed by atoms with Crippen molar-refractivity contribution in [1.29, 1.82) is 0 Å². The van der Waals surface area contributed by atoms with E-state index in [9.17, 15) is 9.59 Å². The number of piperazine rings is 1. The lowest BCUT2D eigenvalue weighted by Gasteiger charge is -2.42. The smallest absolute Gasteiger partial charge is 0.236 e. The van der Waals surface area contributed by atoms with Gasteiger partial charge in [0.15, 0.2) is 0 Å². The molecule has 0 atom stereocenters. The molecule has 0 aromatic carbocycles. The molecule has 0 aliphatic carbocycles. The Kier molecular flexibility index (Phi) is 10.3. The number of nitrogens with two attached hydrogens (primary N) is 1. The zero-order valence-electron chi connectivity index (χ0n) is 16.1. The fourth-order valence-corrected chi connectivity index (χ4v) is 4.15. The first-order chi connectivity index (χ1) is 12.1. The summed E-state index contributed by atoms with van der Waals surface area (Å²) >= 11 is 0. The quantitative estimate of drug-likeness (QED) is 0.719. The van der Waals surface area contributed by atoms with Gasteiger partial charge in [-0.2, -0.15) is 0 Å². The van der Waals surface area contributed by atoms with Gasteiger partial charge in [0.25, 0.3) is 0 Å². The maximum absolute atomic E-state index is 13.0. The van der Waals surface area contributed by atoms with Gasteiger partial charge < -0.3 is 20.3 Å². The first kappa shape index (κ1) is 24.4. The number of halogens is 2. The highest BCUT2D eigenvalue weighted by Gasteiger charge is 2.42. The number of rotatable bonds is 4. The molecule has 3 rings (SSSR count). The van der Waals surface area contributed by atoms with Crippen LogP contribution in [0.1, 0.15) is 32.1 Å². The van der Waals surface area contributed by atoms with E-state index in [1.807, 2.05) is 9.80 Å². The molecule has 0 radical (unpaired) electrons. The van der Waals surface area contributed by atoms with Crippen LogP contribution < -0.4 is 5.73 Å². The molecule has 0 aromatic rings. The second kappa shape index (κ2) is 11.4. The van der Waals surface area contributed by atoms with Gasteiger partial charge in [-0.1, -0.05) is 0 Å². The molecule has 0 aromatic heterocycles. The third-order valence-electron chi connectivity index (χ3n) is 6.02. The summed E-state index contributed by atoms with van der Waals surface area (Å²) in [6.45, 7) is 6.83. The zero-order valence-corrected chi connectivity index (χ0v) is 17.7. The molecule has 2 N–H and O–H groups in total. The van der Waals surface area contributed by atoms with Crippen LogP contribution in [-0.2, 0) is 14.3 Å². The van der Waals surface area contributed by atoms with Crippen molar-refractivity contribution >= 4 is 36.6 Å². The monoisotopic (exact) mass is 424 g/mol. The molecule has 0 bridgehead atoms. The SMILES string of the molecule is Cl.Cl.NCC1(C(=O)N2CCN(CC(=O)N3CCCCC3)CC2)CCOCC1. The number of likely N-dealkylation sites (tertiary alicyclic amines) is 1. The molecule has 9 heteroatoms. The van der Waals surface area contributed by atoms with Crippen molar-refractivity contribution in [3.8, 4) is 0 Å². The number of hydrogen-bond acceptors (Lipinski definition) is 5. The van der Waals surface area contributed by atoms with E-state index in [1.165, 1.54) is 6.42 Å². The van der Waals surface area contributed by atoms with Crippen LogP contribution in [0, 0.1) is 5.41 Å². The van der Waals surface area contributed by atoms with Crippen molar-refractivity contribution in [2.75, 3.05) is 65.6 Å². The highest BCUT2D eigenvalue weighted by atomic mass is 35.5. The molecule has 2 amide bonds. The molecule has 27 heavy (non-hydrogen) atoms. The summed E-state index contributed by atoms with van der Waals surface area (Å²) in [6.07, 6.45) is 4.92. The van der Waals surface area contributed by atoms with Crippen LogP contribution in [0.3, 0.4) is 0 Å². The summed E-state index contributed by atoms with van der Waals surface area (Å²) in [5, 5.41) is 0. The maximum atomic E-state index is 13.0. The van der Waals surface area contributed by atoms with Crippen LogP contribution in [-0.4, -0.2) is 92.1 Å². The highest BCUT2D eigenvalue weighted by molar-refractivity contribution is 5.85. The first-order valence-electron chi connectivity index (χ1n) is 9.72. The lowest BCUT2D eigenvalue weighted by molar-refractivity contribution is -0.149. The molecule has 0 spiro atoms. The molecule has 0 saturated carbocycles. The maximum Gasteiger partial charge on any atom is 0.236 e. The molecule has 7 nitrogen and oxygen atoms in total. The average molecular weight is 425 g/mol. The first-order valence-corrected chi connectivity index (χ1v) is 9.72.